The van der Waals surface area contributed by atoms with Gasteiger partial charge < -0.3 is 4.74 Å². The SMILES string of the molecule is CCOc1nn2c(C)nnc2c2cnccc12. The van der Waals surface area contributed by atoms with Crippen LogP contribution in [0.15, 0.2) is 18.5 Å². The lowest BCUT2D eigenvalue weighted by Crippen LogP contribution is -2.02. The predicted molar refractivity (Wildman–Crippen MR) is 62.0 cm³/mol. The van der Waals surface area contributed by atoms with Crippen LogP contribution in [0.4, 0.5) is 0 Å². The molecule has 0 atom stereocenters. The van der Waals surface area contributed by atoms with Gasteiger partial charge in [-0.2, -0.15) is 4.52 Å². The first-order chi connectivity index (χ1) is 8.31. The van der Waals surface area contributed by atoms with Gasteiger partial charge >= 0.3 is 0 Å². The highest BCUT2D eigenvalue weighted by atomic mass is 16.5. The molecule has 0 aliphatic heterocycles. The zero-order chi connectivity index (χ0) is 11.8. The van der Waals surface area contributed by atoms with Crippen LogP contribution in [0.1, 0.15) is 12.7 Å². The van der Waals surface area contributed by atoms with Crippen molar-refractivity contribution in [1.29, 1.82) is 0 Å². The van der Waals surface area contributed by atoms with Crippen molar-refractivity contribution in [3.8, 4) is 5.88 Å². The van der Waals surface area contributed by atoms with E-state index in [4.69, 9.17) is 4.74 Å². The van der Waals surface area contributed by atoms with E-state index in [2.05, 4.69) is 20.3 Å². The summed E-state index contributed by atoms with van der Waals surface area (Å²) in [5.41, 5.74) is 0.703. The van der Waals surface area contributed by atoms with E-state index in [1.54, 1.807) is 16.9 Å². The van der Waals surface area contributed by atoms with Crippen LogP contribution in [0, 0.1) is 6.92 Å². The molecule has 0 spiro atoms. The van der Waals surface area contributed by atoms with Gasteiger partial charge in [-0.3, -0.25) is 4.98 Å². The number of aryl methyl sites for hydroxylation is 1. The lowest BCUT2D eigenvalue weighted by Gasteiger charge is -2.06. The maximum absolute atomic E-state index is 5.54. The van der Waals surface area contributed by atoms with Gasteiger partial charge in [0.15, 0.2) is 11.5 Å². The van der Waals surface area contributed by atoms with Crippen LogP contribution in [0.3, 0.4) is 0 Å². The van der Waals surface area contributed by atoms with Gasteiger partial charge in [-0.05, 0) is 19.9 Å². The molecular weight excluding hydrogens is 218 g/mol. The van der Waals surface area contributed by atoms with E-state index in [0.29, 0.717) is 18.1 Å². The van der Waals surface area contributed by atoms with Gasteiger partial charge in [0.25, 0.3) is 0 Å². The summed E-state index contributed by atoms with van der Waals surface area (Å²) in [4.78, 5) is 4.11. The van der Waals surface area contributed by atoms with Crippen LogP contribution in [0.25, 0.3) is 16.4 Å². The van der Waals surface area contributed by atoms with E-state index in [1.807, 2.05) is 19.9 Å². The highest BCUT2D eigenvalue weighted by Gasteiger charge is 2.12. The number of rotatable bonds is 2. The minimum absolute atomic E-state index is 0.567. The molecular formula is C11H11N5O. The van der Waals surface area contributed by atoms with Gasteiger partial charge in [0.2, 0.25) is 5.88 Å². The van der Waals surface area contributed by atoms with E-state index in [1.165, 1.54) is 0 Å². The van der Waals surface area contributed by atoms with Gasteiger partial charge in [0.05, 0.1) is 17.4 Å². The minimum atomic E-state index is 0.567. The fourth-order valence-electron chi connectivity index (χ4n) is 1.79. The first-order valence-electron chi connectivity index (χ1n) is 5.40. The lowest BCUT2D eigenvalue weighted by atomic mass is 10.2. The Morgan fingerprint density at radius 3 is 3.00 bits per heavy atom. The van der Waals surface area contributed by atoms with Gasteiger partial charge in [-0.15, -0.1) is 15.3 Å². The van der Waals surface area contributed by atoms with Gasteiger partial charge in [0, 0.05) is 12.4 Å². The summed E-state index contributed by atoms with van der Waals surface area (Å²) in [7, 11) is 0. The van der Waals surface area contributed by atoms with Crippen LogP contribution >= 0.6 is 0 Å². The quantitative estimate of drug-likeness (QED) is 0.664. The van der Waals surface area contributed by atoms with Crippen molar-refractivity contribution in [3.05, 3.63) is 24.3 Å². The summed E-state index contributed by atoms with van der Waals surface area (Å²) in [6.45, 7) is 4.35. The highest BCUT2D eigenvalue weighted by Crippen LogP contribution is 2.25. The van der Waals surface area contributed by atoms with E-state index in [0.717, 1.165) is 16.6 Å². The predicted octanol–water partition coefficient (Wildman–Crippen LogP) is 1.38. The van der Waals surface area contributed by atoms with Crippen molar-refractivity contribution < 1.29 is 4.74 Å². The Morgan fingerprint density at radius 2 is 2.18 bits per heavy atom. The van der Waals surface area contributed by atoms with E-state index >= 15 is 0 Å². The Bertz CT molecular complexity index is 691. The Labute approximate surface area is 97.3 Å². The average molecular weight is 229 g/mol. The zero-order valence-corrected chi connectivity index (χ0v) is 9.58. The Morgan fingerprint density at radius 1 is 1.29 bits per heavy atom. The van der Waals surface area contributed by atoms with E-state index in [9.17, 15) is 0 Å². The molecule has 17 heavy (non-hydrogen) atoms. The van der Waals surface area contributed by atoms with Crippen LogP contribution in [0.5, 0.6) is 5.88 Å². The third-order valence-electron chi connectivity index (χ3n) is 2.56. The number of fused-ring (bicyclic) bond motifs is 3. The number of nitrogens with zero attached hydrogens (tertiary/aromatic N) is 5. The maximum atomic E-state index is 5.54. The monoisotopic (exact) mass is 229 g/mol. The molecule has 0 aromatic carbocycles. The van der Waals surface area contributed by atoms with Crippen LogP contribution in [-0.2, 0) is 0 Å². The van der Waals surface area contributed by atoms with Crippen molar-refractivity contribution in [3.63, 3.8) is 0 Å². The van der Waals surface area contributed by atoms with Crippen LogP contribution in [0.2, 0.25) is 0 Å². The van der Waals surface area contributed by atoms with Crippen molar-refractivity contribution in [2.45, 2.75) is 13.8 Å². The number of pyridine rings is 1. The smallest absolute Gasteiger partial charge is 0.239 e. The minimum Gasteiger partial charge on any atom is -0.476 e. The Balaban J connectivity index is 2.47. The molecule has 86 valence electrons. The maximum Gasteiger partial charge on any atom is 0.239 e. The second-order valence-electron chi connectivity index (χ2n) is 3.64. The van der Waals surface area contributed by atoms with Gasteiger partial charge in [-0.1, -0.05) is 0 Å². The fourth-order valence-corrected chi connectivity index (χ4v) is 1.79. The number of aromatic nitrogens is 5. The summed E-state index contributed by atoms with van der Waals surface area (Å²) in [6, 6.07) is 1.87. The van der Waals surface area contributed by atoms with Crippen molar-refractivity contribution in [1.82, 2.24) is 24.8 Å². The van der Waals surface area contributed by atoms with Gasteiger partial charge in [-0.25, -0.2) is 0 Å². The second kappa shape index (κ2) is 3.65. The van der Waals surface area contributed by atoms with Gasteiger partial charge in [0.1, 0.15) is 0 Å². The summed E-state index contributed by atoms with van der Waals surface area (Å²) in [5.74, 6) is 1.31. The third kappa shape index (κ3) is 1.41. The zero-order valence-electron chi connectivity index (χ0n) is 9.58. The average Bonchev–Trinajstić information content (AvgIpc) is 2.72. The molecule has 3 heterocycles. The molecule has 0 radical (unpaired) electrons. The molecule has 0 saturated heterocycles. The number of ether oxygens (including phenoxy) is 1. The molecule has 0 saturated carbocycles. The standard InChI is InChI=1S/C11H11N5O/c1-3-17-11-8-4-5-12-6-9(8)10-14-13-7(2)16(10)15-11/h4-6H,3H2,1-2H3. The molecule has 6 nitrogen and oxygen atoms in total. The molecule has 0 aliphatic carbocycles. The van der Waals surface area contributed by atoms with Crippen LogP contribution in [-0.4, -0.2) is 31.4 Å². The highest BCUT2D eigenvalue weighted by molar-refractivity contribution is 5.95. The molecule has 0 N–H and O–H groups in total. The molecule has 0 unspecified atom stereocenters. The number of hydrogen-bond acceptors (Lipinski definition) is 5. The molecule has 0 amide bonds. The molecule has 3 aromatic rings. The van der Waals surface area contributed by atoms with Crippen molar-refractivity contribution >= 4 is 16.4 Å². The fraction of sp³-hybridized carbons (Fsp3) is 0.273. The van der Waals surface area contributed by atoms with E-state index < -0.39 is 0 Å². The largest absolute Gasteiger partial charge is 0.476 e. The normalized spacial score (nSPS) is 11.2. The molecule has 6 heteroatoms. The Kier molecular flexibility index (Phi) is 2.14. The molecule has 3 rings (SSSR count). The number of hydrogen-bond donors (Lipinski definition) is 0. The first kappa shape index (κ1) is 9.95. The lowest BCUT2D eigenvalue weighted by molar-refractivity contribution is 0.325. The molecule has 0 bridgehead atoms. The van der Waals surface area contributed by atoms with Crippen LogP contribution < -0.4 is 4.74 Å². The molecule has 0 aliphatic rings. The summed E-state index contributed by atoms with van der Waals surface area (Å²) in [5, 5.41) is 14.3. The third-order valence-corrected chi connectivity index (χ3v) is 2.56. The summed E-state index contributed by atoms with van der Waals surface area (Å²) >= 11 is 0. The summed E-state index contributed by atoms with van der Waals surface area (Å²) < 4.78 is 7.21. The first-order valence-corrected chi connectivity index (χ1v) is 5.40. The molecule has 3 aromatic heterocycles. The Hall–Kier alpha value is -2.24. The van der Waals surface area contributed by atoms with E-state index in [-0.39, 0.29) is 0 Å². The van der Waals surface area contributed by atoms with Crippen molar-refractivity contribution in [2.75, 3.05) is 6.61 Å². The summed E-state index contributed by atoms with van der Waals surface area (Å²) in [6.07, 6.45) is 3.47. The second-order valence-corrected chi connectivity index (χ2v) is 3.64. The molecule has 0 fully saturated rings. The van der Waals surface area contributed by atoms with Crippen molar-refractivity contribution in [2.24, 2.45) is 0 Å². The topological polar surface area (TPSA) is 65.2 Å².